The van der Waals surface area contributed by atoms with Gasteiger partial charge in [0.1, 0.15) is 6.61 Å². The van der Waals surface area contributed by atoms with Crippen molar-refractivity contribution in [3.8, 4) is 0 Å². The highest BCUT2D eigenvalue weighted by molar-refractivity contribution is 5.29. The first kappa shape index (κ1) is 8.85. The summed E-state index contributed by atoms with van der Waals surface area (Å²) in [5.74, 6) is 0.913. The Balaban J connectivity index is 2.70. The monoisotopic (exact) mass is 162 g/mol. The second kappa shape index (κ2) is 4.60. The van der Waals surface area contributed by atoms with Gasteiger partial charge in [0.2, 0.25) is 0 Å². The minimum atomic E-state index is 0.656. The maximum absolute atomic E-state index is 5.37. The molecule has 0 aromatic carbocycles. The molecule has 0 bridgehead atoms. The van der Waals surface area contributed by atoms with Gasteiger partial charge in [-0.15, -0.1) is 0 Å². The molecule has 1 nitrogen and oxygen atoms in total. The van der Waals surface area contributed by atoms with Gasteiger partial charge >= 0.3 is 0 Å². The average Bonchev–Trinajstić information content (AvgIpc) is 2.02. The first-order chi connectivity index (χ1) is 5.79. The average molecular weight is 162 g/mol. The van der Waals surface area contributed by atoms with E-state index in [1.54, 1.807) is 0 Å². The highest BCUT2D eigenvalue weighted by atomic mass is 16.5. The van der Waals surface area contributed by atoms with Crippen LogP contribution in [0.15, 0.2) is 48.3 Å². The number of allylic oxidation sites excluding steroid dienone is 6. The summed E-state index contributed by atoms with van der Waals surface area (Å²) < 4.78 is 5.37. The number of hydrogen-bond donors (Lipinski definition) is 0. The van der Waals surface area contributed by atoms with E-state index < -0.39 is 0 Å². The van der Waals surface area contributed by atoms with E-state index in [-0.39, 0.29) is 0 Å². The highest BCUT2D eigenvalue weighted by Gasteiger charge is 1.90. The molecule has 0 saturated carbocycles. The molecule has 0 fully saturated rings. The molecule has 0 radical (unpaired) electrons. The van der Waals surface area contributed by atoms with Crippen LogP contribution in [0.25, 0.3) is 0 Å². The van der Waals surface area contributed by atoms with Gasteiger partial charge in [-0.1, -0.05) is 30.9 Å². The Morgan fingerprint density at radius 1 is 1.33 bits per heavy atom. The lowest BCUT2D eigenvalue weighted by atomic mass is 10.2. The summed E-state index contributed by atoms with van der Waals surface area (Å²) >= 11 is 0. The Hall–Kier alpha value is -1.24. The number of hydrogen-bond acceptors (Lipinski definition) is 1. The minimum Gasteiger partial charge on any atom is -0.494 e. The summed E-state index contributed by atoms with van der Waals surface area (Å²) in [7, 11) is 0. The van der Waals surface area contributed by atoms with E-state index >= 15 is 0 Å². The zero-order chi connectivity index (χ0) is 8.81. The van der Waals surface area contributed by atoms with Crippen molar-refractivity contribution in [3.05, 3.63) is 48.3 Å². The third-order valence-electron chi connectivity index (χ3n) is 1.57. The fraction of sp³-hybridized carbons (Fsp3) is 0.273. The van der Waals surface area contributed by atoms with Crippen LogP contribution in [0.4, 0.5) is 0 Å². The summed E-state index contributed by atoms with van der Waals surface area (Å²) in [6.45, 7) is 6.47. The molecule has 0 atom stereocenters. The molecule has 1 heterocycles. The summed E-state index contributed by atoms with van der Waals surface area (Å²) in [5.41, 5.74) is 0.989. The fourth-order valence-electron chi connectivity index (χ4n) is 0.993. The molecule has 1 heteroatoms. The first-order valence-electron chi connectivity index (χ1n) is 4.10. The van der Waals surface area contributed by atoms with E-state index in [9.17, 15) is 0 Å². The maximum atomic E-state index is 5.37. The molecule has 1 rings (SSSR count). The van der Waals surface area contributed by atoms with Gasteiger partial charge < -0.3 is 4.74 Å². The fourth-order valence-corrected chi connectivity index (χ4v) is 0.993. The topological polar surface area (TPSA) is 9.23 Å². The highest BCUT2D eigenvalue weighted by Crippen LogP contribution is 2.05. The Kier molecular flexibility index (Phi) is 3.39. The van der Waals surface area contributed by atoms with E-state index in [1.807, 2.05) is 25.2 Å². The van der Waals surface area contributed by atoms with Crippen molar-refractivity contribution in [2.45, 2.75) is 13.3 Å². The van der Waals surface area contributed by atoms with Crippen LogP contribution in [0.1, 0.15) is 13.3 Å². The molecule has 1 aliphatic heterocycles. The summed E-state index contributed by atoms with van der Waals surface area (Å²) in [6.07, 6.45) is 11.1. The Morgan fingerprint density at radius 3 is 3.00 bits per heavy atom. The molecule has 1 aliphatic rings. The van der Waals surface area contributed by atoms with E-state index in [0.717, 1.165) is 17.8 Å². The van der Waals surface area contributed by atoms with Crippen LogP contribution in [-0.2, 0) is 4.74 Å². The van der Waals surface area contributed by atoms with Crippen LogP contribution in [0.2, 0.25) is 0 Å². The van der Waals surface area contributed by atoms with Gasteiger partial charge in [-0.2, -0.15) is 0 Å². The van der Waals surface area contributed by atoms with Crippen LogP contribution in [-0.4, -0.2) is 6.61 Å². The Labute approximate surface area is 73.7 Å². The Bertz CT molecular complexity index is 244. The zero-order valence-corrected chi connectivity index (χ0v) is 7.42. The van der Waals surface area contributed by atoms with Crippen molar-refractivity contribution >= 4 is 0 Å². The second-order valence-corrected chi connectivity index (χ2v) is 2.75. The maximum Gasteiger partial charge on any atom is 0.106 e. The molecule has 0 amide bonds. The lowest BCUT2D eigenvalue weighted by Crippen LogP contribution is -1.89. The molecular weight excluding hydrogens is 148 g/mol. The van der Waals surface area contributed by atoms with Gasteiger partial charge in [0.25, 0.3) is 0 Å². The summed E-state index contributed by atoms with van der Waals surface area (Å²) in [6, 6.07) is 0. The van der Waals surface area contributed by atoms with Gasteiger partial charge in [-0.05, 0) is 25.0 Å². The smallest absolute Gasteiger partial charge is 0.106 e. The lowest BCUT2D eigenvalue weighted by Gasteiger charge is -2.03. The number of rotatable bonds is 0. The Morgan fingerprint density at radius 2 is 2.17 bits per heavy atom. The molecule has 12 heavy (non-hydrogen) atoms. The van der Waals surface area contributed by atoms with Gasteiger partial charge in [0, 0.05) is 0 Å². The van der Waals surface area contributed by atoms with Crippen LogP contribution in [0.3, 0.4) is 0 Å². The molecule has 0 aromatic heterocycles. The van der Waals surface area contributed by atoms with Gasteiger partial charge in [-0.25, -0.2) is 0 Å². The minimum absolute atomic E-state index is 0.656. The van der Waals surface area contributed by atoms with Crippen molar-refractivity contribution in [2.24, 2.45) is 0 Å². The normalized spacial score (nSPS) is 28.1. The molecule has 0 N–H and O–H groups in total. The van der Waals surface area contributed by atoms with Gasteiger partial charge in [0.15, 0.2) is 0 Å². The van der Waals surface area contributed by atoms with Crippen molar-refractivity contribution in [3.63, 3.8) is 0 Å². The van der Waals surface area contributed by atoms with Crippen molar-refractivity contribution in [1.29, 1.82) is 0 Å². The molecule has 0 spiro atoms. The van der Waals surface area contributed by atoms with Crippen LogP contribution >= 0.6 is 0 Å². The SMILES string of the molecule is C=C1/C=C\C/C=C\CO/C(C)=C\1. The molecule has 0 aliphatic carbocycles. The van der Waals surface area contributed by atoms with Crippen molar-refractivity contribution in [2.75, 3.05) is 6.61 Å². The summed E-state index contributed by atoms with van der Waals surface area (Å²) in [5, 5.41) is 0. The van der Waals surface area contributed by atoms with E-state index in [1.165, 1.54) is 0 Å². The van der Waals surface area contributed by atoms with Gasteiger partial charge in [-0.3, -0.25) is 0 Å². The molecular formula is C11H14O. The third kappa shape index (κ3) is 3.24. The zero-order valence-electron chi connectivity index (χ0n) is 7.42. The molecule has 0 saturated heterocycles. The summed E-state index contributed by atoms with van der Waals surface area (Å²) in [4.78, 5) is 0. The third-order valence-corrected chi connectivity index (χ3v) is 1.57. The van der Waals surface area contributed by atoms with Crippen molar-refractivity contribution in [1.82, 2.24) is 0 Å². The molecule has 64 valence electrons. The van der Waals surface area contributed by atoms with Crippen LogP contribution in [0.5, 0.6) is 0 Å². The predicted molar refractivity (Wildman–Crippen MR) is 51.7 cm³/mol. The van der Waals surface area contributed by atoms with Gasteiger partial charge in [0.05, 0.1) is 5.76 Å². The van der Waals surface area contributed by atoms with E-state index in [4.69, 9.17) is 4.74 Å². The van der Waals surface area contributed by atoms with E-state index in [2.05, 4.69) is 18.7 Å². The lowest BCUT2D eigenvalue weighted by molar-refractivity contribution is 0.249. The second-order valence-electron chi connectivity index (χ2n) is 2.75. The largest absolute Gasteiger partial charge is 0.494 e. The quantitative estimate of drug-likeness (QED) is 0.497. The first-order valence-corrected chi connectivity index (χ1v) is 4.10. The van der Waals surface area contributed by atoms with Crippen molar-refractivity contribution < 1.29 is 4.74 Å². The predicted octanol–water partition coefficient (Wildman–Crippen LogP) is 2.98. The number of ether oxygens (including phenoxy) is 1. The van der Waals surface area contributed by atoms with Crippen LogP contribution in [0, 0.1) is 0 Å². The molecule has 0 aromatic rings. The molecule has 0 unspecified atom stereocenters. The standard InChI is InChI=1S/C11H14O/c1-10-7-5-3-4-6-8-12-11(2)9-10/h4-7,9H,1,3,8H2,2H3/b6-4-,7-5-,11-9-. The van der Waals surface area contributed by atoms with Crippen LogP contribution < -0.4 is 0 Å². The van der Waals surface area contributed by atoms with E-state index in [0.29, 0.717) is 6.61 Å².